The minimum Gasteiger partial charge on any atom is -0.329 e. The van der Waals surface area contributed by atoms with E-state index in [0.29, 0.717) is 6.42 Å². The van der Waals surface area contributed by atoms with Crippen LogP contribution in [0.2, 0.25) is 0 Å². The van der Waals surface area contributed by atoms with E-state index in [4.69, 9.17) is 4.84 Å². The molecule has 4 nitrogen and oxygen atoms in total. The van der Waals surface area contributed by atoms with Crippen LogP contribution < -0.4 is 5.06 Å². The van der Waals surface area contributed by atoms with Crippen molar-refractivity contribution in [3.63, 3.8) is 0 Å². The van der Waals surface area contributed by atoms with Crippen LogP contribution in [0.1, 0.15) is 6.42 Å². The summed E-state index contributed by atoms with van der Waals surface area (Å²) >= 11 is 0. The second kappa shape index (κ2) is 4.47. The molecule has 0 spiro atoms. The predicted octanol–water partition coefficient (Wildman–Crippen LogP) is 1.43. The van der Waals surface area contributed by atoms with E-state index in [9.17, 15) is 4.79 Å². The summed E-state index contributed by atoms with van der Waals surface area (Å²) in [7, 11) is 6.29. The Hall–Kier alpha value is -1.39. The average Bonchev–Trinajstić information content (AvgIpc) is 2.58. The molecule has 1 aromatic rings. The molecule has 17 heavy (non-hydrogen) atoms. The molecule has 0 saturated carbocycles. The third-order valence-corrected chi connectivity index (χ3v) is 2.63. The first-order valence-electron chi connectivity index (χ1n) is 5.81. The fourth-order valence-electron chi connectivity index (χ4n) is 2.00. The Balaban J connectivity index is 2.06. The highest BCUT2D eigenvalue weighted by Gasteiger charge is 2.35. The molecular weight excluding hydrogens is 216 g/mol. The van der Waals surface area contributed by atoms with Crippen LogP contribution in [0.4, 0.5) is 5.69 Å². The van der Waals surface area contributed by atoms with Gasteiger partial charge in [0.25, 0.3) is 5.91 Å². The Kier molecular flexibility index (Phi) is 3.17. The number of nitrogens with zero attached hydrogens (tertiary/aromatic N) is 2. The van der Waals surface area contributed by atoms with Crippen LogP contribution in [-0.4, -0.2) is 44.2 Å². The number of anilines is 1. The Morgan fingerprint density at radius 3 is 2.53 bits per heavy atom. The monoisotopic (exact) mass is 235 g/mol. The van der Waals surface area contributed by atoms with E-state index >= 15 is 0 Å². The summed E-state index contributed by atoms with van der Waals surface area (Å²) in [5, 5.41) is 1.42. The van der Waals surface area contributed by atoms with Gasteiger partial charge >= 0.3 is 0 Å². The van der Waals surface area contributed by atoms with Gasteiger partial charge in [0.2, 0.25) is 0 Å². The van der Waals surface area contributed by atoms with Gasteiger partial charge in [-0.3, -0.25) is 9.63 Å². The first-order chi connectivity index (χ1) is 7.96. The number of carbonyl (C=O) groups is 1. The van der Waals surface area contributed by atoms with Crippen LogP contribution in [0.25, 0.3) is 0 Å². The second-order valence-corrected chi connectivity index (χ2v) is 5.43. The Labute approximate surface area is 102 Å². The van der Waals surface area contributed by atoms with Crippen LogP contribution in [0.3, 0.4) is 0 Å². The number of amides is 1. The molecule has 1 aromatic carbocycles. The zero-order valence-electron chi connectivity index (χ0n) is 10.6. The van der Waals surface area contributed by atoms with Crippen molar-refractivity contribution in [1.82, 2.24) is 0 Å². The number of benzene rings is 1. The number of quaternary nitrogens is 1. The van der Waals surface area contributed by atoms with Gasteiger partial charge in [0.1, 0.15) is 12.6 Å². The summed E-state index contributed by atoms with van der Waals surface area (Å²) in [4.78, 5) is 17.6. The second-order valence-electron chi connectivity index (χ2n) is 5.43. The minimum atomic E-state index is -0.0253. The van der Waals surface area contributed by atoms with Gasteiger partial charge < -0.3 is 4.48 Å². The van der Waals surface area contributed by atoms with E-state index in [1.807, 2.05) is 30.3 Å². The van der Waals surface area contributed by atoms with Gasteiger partial charge in [-0.15, -0.1) is 0 Å². The topological polar surface area (TPSA) is 29.5 Å². The van der Waals surface area contributed by atoms with Crippen LogP contribution in [0.15, 0.2) is 30.3 Å². The van der Waals surface area contributed by atoms with Crippen LogP contribution in [0.5, 0.6) is 0 Å². The van der Waals surface area contributed by atoms with Gasteiger partial charge in [-0.2, -0.15) is 5.06 Å². The lowest BCUT2D eigenvalue weighted by Gasteiger charge is -2.26. The van der Waals surface area contributed by atoms with Crippen LogP contribution in [0, 0.1) is 0 Å². The number of hydrogen-bond donors (Lipinski definition) is 0. The number of hydrogen-bond acceptors (Lipinski definition) is 2. The number of carbonyl (C=O) groups excluding carboxylic acids is 1. The first-order valence-corrected chi connectivity index (χ1v) is 5.81. The molecule has 4 heteroatoms. The molecule has 0 aliphatic carbocycles. The summed E-state index contributed by atoms with van der Waals surface area (Å²) < 4.78 is 0.792. The fourth-order valence-corrected chi connectivity index (χ4v) is 2.00. The maximum Gasteiger partial charge on any atom is 0.253 e. The van der Waals surface area contributed by atoms with E-state index in [1.54, 1.807) is 0 Å². The lowest BCUT2D eigenvalue weighted by atomic mass is 10.2. The molecule has 92 valence electrons. The normalized spacial score (nSPS) is 21.0. The molecule has 1 saturated heterocycles. The maximum atomic E-state index is 11.9. The molecule has 1 atom stereocenters. The molecule has 2 rings (SSSR count). The Morgan fingerprint density at radius 2 is 1.94 bits per heavy atom. The SMILES string of the molecule is C[N+](C)(C)C[C@@H]1CC(=O)N(c2ccccc2)O1. The van der Waals surface area contributed by atoms with Crippen molar-refractivity contribution in [2.45, 2.75) is 12.5 Å². The van der Waals surface area contributed by atoms with Gasteiger partial charge in [-0.05, 0) is 12.1 Å². The van der Waals surface area contributed by atoms with Gasteiger partial charge in [0, 0.05) is 0 Å². The third-order valence-electron chi connectivity index (χ3n) is 2.63. The van der Waals surface area contributed by atoms with Crippen molar-refractivity contribution in [1.29, 1.82) is 0 Å². The number of rotatable bonds is 3. The predicted molar refractivity (Wildman–Crippen MR) is 66.3 cm³/mol. The average molecular weight is 235 g/mol. The minimum absolute atomic E-state index is 0.0253. The van der Waals surface area contributed by atoms with E-state index in [0.717, 1.165) is 16.7 Å². The largest absolute Gasteiger partial charge is 0.329 e. The zero-order chi connectivity index (χ0) is 12.5. The third kappa shape index (κ3) is 3.05. The van der Waals surface area contributed by atoms with Gasteiger partial charge in [-0.25, -0.2) is 0 Å². The molecular formula is C13H19N2O2+. The van der Waals surface area contributed by atoms with Crippen molar-refractivity contribution in [3.8, 4) is 0 Å². The first kappa shape index (κ1) is 12.1. The quantitative estimate of drug-likeness (QED) is 0.742. The number of hydroxylamine groups is 1. The smallest absolute Gasteiger partial charge is 0.253 e. The van der Waals surface area contributed by atoms with Crippen molar-refractivity contribution in [2.24, 2.45) is 0 Å². The fraction of sp³-hybridized carbons (Fsp3) is 0.462. The number of likely N-dealkylation sites (N-methyl/N-ethyl adjacent to an activating group) is 1. The van der Waals surface area contributed by atoms with Gasteiger partial charge in [-0.1, -0.05) is 18.2 Å². The highest BCUT2D eigenvalue weighted by Crippen LogP contribution is 2.24. The van der Waals surface area contributed by atoms with Gasteiger partial charge in [0.05, 0.1) is 33.3 Å². The molecule has 0 aromatic heterocycles. The highest BCUT2D eigenvalue weighted by molar-refractivity contribution is 5.93. The molecule has 0 bridgehead atoms. The molecule has 0 radical (unpaired) electrons. The van der Waals surface area contributed by atoms with Crippen molar-refractivity contribution in [2.75, 3.05) is 32.8 Å². The maximum absolute atomic E-state index is 11.9. The molecule has 1 aliphatic heterocycles. The molecule has 1 aliphatic rings. The lowest BCUT2D eigenvalue weighted by Crippen LogP contribution is -2.41. The summed E-state index contributed by atoms with van der Waals surface area (Å²) in [6.07, 6.45) is 0.437. The summed E-state index contributed by atoms with van der Waals surface area (Å²) in [5.41, 5.74) is 0.807. The van der Waals surface area contributed by atoms with Crippen LogP contribution >= 0.6 is 0 Å². The molecule has 1 heterocycles. The van der Waals surface area contributed by atoms with Crippen LogP contribution in [-0.2, 0) is 9.63 Å². The highest BCUT2D eigenvalue weighted by atomic mass is 16.7. The van der Waals surface area contributed by atoms with E-state index in [-0.39, 0.29) is 12.0 Å². The molecule has 0 N–H and O–H groups in total. The van der Waals surface area contributed by atoms with E-state index < -0.39 is 0 Å². The van der Waals surface area contributed by atoms with Gasteiger partial charge in [0.15, 0.2) is 0 Å². The Bertz CT molecular complexity index is 398. The zero-order valence-corrected chi connectivity index (χ0v) is 10.6. The summed E-state index contributed by atoms with van der Waals surface area (Å²) in [5.74, 6) is 0.0367. The van der Waals surface area contributed by atoms with Crippen molar-refractivity contribution >= 4 is 11.6 Å². The van der Waals surface area contributed by atoms with E-state index in [2.05, 4.69) is 21.1 Å². The lowest BCUT2D eigenvalue weighted by molar-refractivity contribution is -0.873. The standard InChI is InChI=1S/C13H19N2O2/c1-15(2,3)10-12-9-13(16)14(17-12)11-7-5-4-6-8-11/h4-8,12H,9-10H2,1-3H3/q+1/t12-/m0/s1. The summed E-state index contributed by atoms with van der Waals surface area (Å²) in [6.45, 7) is 0.828. The molecule has 1 fully saturated rings. The Morgan fingerprint density at radius 1 is 1.29 bits per heavy atom. The molecule has 0 unspecified atom stereocenters. The van der Waals surface area contributed by atoms with Crippen molar-refractivity contribution < 1.29 is 14.1 Å². The van der Waals surface area contributed by atoms with E-state index in [1.165, 1.54) is 5.06 Å². The summed E-state index contributed by atoms with van der Waals surface area (Å²) in [6, 6.07) is 9.49. The van der Waals surface area contributed by atoms with Crippen molar-refractivity contribution in [3.05, 3.63) is 30.3 Å². The molecule has 1 amide bonds. The number of para-hydroxylation sites is 1.